The second-order valence-corrected chi connectivity index (χ2v) is 6.24. The fourth-order valence-electron chi connectivity index (χ4n) is 1.50. The number of aryl methyl sites for hydroxylation is 1. The maximum atomic E-state index is 11.6. The second kappa shape index (κ2) is 9.51. The number of hydrogen-bond acceptors (Lipinski definition) is 2. The minimum Gasteiger partial charge on any atom is -0.345 e. The van der Waals surface area contributed by atoms with Crippen molar-refractivity contribution in [2.24, 2.45) is 0 Å². The van der Waals surface area contributed by atoms with Crippen molar-refractivity contribution < 1.29 is 4.79 Å². The Bertz CT molecular complexity index is 384. The first kappa shape index (κ1) is 16.7. The minimum absolute atomic E-state index is 0.0999. The molecule has 0 radical (unpaired) electrons. The highest BCUT2D eigenvalue weighted by Gasteiger charge is 2.07. The van der Waals surface area contributed by atoms with Crippen LogP contribution < -0.4 is 5.32 Å². The summed E-state index contributed by atoms with van der Waals surface area (Å²) in [6.07, 6.45) is 3.48. The van der Waals surface area contributed by atoms with E-state index in [-0.39, 0.29) is 10.6 Å². The smallest absolute Gasteiger partial charge is 0.283 e. The Morgan fingerprint density at radius 1 is 1.37 bits per heavy atom. The SMILES string of the molecule is CCCCc1ccc(SC(=O)NCC(Cl)CCl)cc1. The van der Waals surface area contributed by atoms with Gasteiger partial charge in [0.1, 0.15) is 0 Å². The van der Waals surface area contributed by atoms with E-state index in [4.69, 9.17) is 23.2 Å². The molecule has 106 valence electrons. The predicted molar refractivity (Wildman–Crippen MR) is 84.7 cm³/mol. The monoisotopic (exact) mass is 319 g/mol. The summed E-state index contributed by atoms with van der Waals surface area (Å²) in [6, 6.07) is 8.12. The molecule has 1 atom stereocenters. The predicted octanol–water partition coefficient (Wildman–Crippen LogP) is 4.68. The van der Waals surface area contributed by atoms with Gasteiger partial charge in [-0.15, -0.1) is 23.2 Å². The highest BCUT2D eigenvalue weighted by molar-refractivity contribution is 8.13. The van der Waals surface area contributed by atoms with Crippen LogP contribution >= 0.6 is 35.0 Å². The Balaban J connectivity index is 2.37. The largest absolute Gasteiger partial charge is 0.345 e. The van der Waals surface area contributed by atoms with Crippen LogP contribution in [-0.4, -0.2) is 23.0 Å². The highest BCUT2D eigenvalue weighted by Crippen LogP contribution is 2.19. The molecule has 1 unspecified atom stereocenters. The maximum absolute atomic E-state index is 11.6. The third kappa shape index (κ3) is 7.09. The summed E-state index contributed by atoms with van der Waals surface area (Å²) in [6.45, 7) is 2.57. The van der Waals surface area contributed by atoms with Gasteiger partial charge in [-0.05, 0) is 42.3 Å². The molecule has 1 amide bonds. The van der Waals surface area contributed by atoms with E-state index in [0.29, 0.717) is 12.4 Å². The van der Waals surface area contributed by atoms with Crippen molar-refractivity contribution >= 4 is 40.2 Å². The van der Waals surface area contributed by atoms with Gasteiger partial charge in [-0.1, -0.05) is 25.5 Å². The molecular formula is C14H19Cl2NOS. The summed E-state index contributed by atoms with van der Waals surface area (Å²) in [7, 11) is 0. The van der Waals surface area contributed by atoms with Gasteiger partial charge in [-0.25, -0.2) is 0 Å². The number of rotatable bonds is 7. The highest BCUT2D eigenvalue weighted by atomic mass is 35.5. The number of thioether (sulfide) groups is 1. The average Bonchev–Trinajstić information content (AvgIpc) is 2.44. The number of unbranched alkanes of at least 4 members (excludes halogenated alkanes) is 1. The quantitative estimate of drug-likeness (QED) is 0.584. The molecule has 5 heteroatoms. The molecular weight excluding hydrogens is 301 g/mol. The minimum atomic E-state index is -0.220. The standard InChI is InChI=1S/C14H19Cl2NOS/c1-2-3-4-11-5-7-13(8-6-11)19-14(18)17-10-12(16)9-15/h5-8,12H,2-4,9-10H2,1H3,(H,17,18). The van der Waals surface area contributed by atoms with Crippen LogP contribution in [0.1, 0.15) is 25.3 Å². The zero-order valence-corrected chi connectivity index (χ0v) is 13.3. The van der Waals surface area contributed by atoms with Crippen molar-refractivity contribution in [2.45, 2.75) is 36.5 Å². The first-order valence-corrected chi connectivity index (χ1v) is 8.19. The van der Waals surface area contributed by atoms with Crippen LogP contribution in [-0.2, 0) is 6.42 Å². The lowest BCUT2D eigenvalue weighted by Gasteiger charge is -2.07. The van der Waals surface area contributed by atoms with Gasteiger partial charge in [0, 0.05) is 17.3 Å². The van der Waals surface area contributed by atoms with Gasteiger partial charge >= 0.3 is 0 Å². The van der Waals surface area contributed by atoms with E-state index in [1.165, 1.54) is 30.2 Å². The Hall–Kier alpha value is -0.380. The molecule has 0 saturated heterocycles. The van der Waals surface area contributed by atoms with E-state index < -0.39 is 0 Å². The van der Waals surface area contributed by atoms with Crippen molar-refractivity contribution in [3.8, 4) is 0 Å². The van der Waals surface area contributed by atoms with Crippen LogP contribution in [0, 0.1) is 0 Å². The van der Waals surface area contributed by atoms with E-state index in [1.807, 2.05) is 12.1 Å². The van der Waals surface area contributed by atoms with Gasteiger partial charge in [-0.3, -0.25) is 4.79 Å². The topological polar surface area (TPSA) is 29.1 Å². The lowest BCUT2D eigenvalue weighted by molar-refractivity contribution is 0.261. The lowest BCUT2D eigenvalue weighted by atomic mass is 10.1. The van der Waals surface area contributed by atoms with E-state index in [9.17, 15) is 4.79 Å². The fraction of sp³-hybridized carbons (Fsp3) is 0.500. The molecule has 0 aliphatic rings. The Morgan fingerprint density at radius 3 is 2.63 bits per heavy atom. The van der Waals surface area contributed by atoms with Crippen molar-refractivity contribution in [1.29, 1.82) is 0 Å². The molecule has 0 bridgehead atoms. The molecule has 0 aliphatic carbocycles. The Labute approximate surface area is 129 Å². The molecule has 0 aliphatic heterocycles. The van der Waals surface area contributed by atoms with E-state index in [0.717, 1.165) is 11.3 Å². The molecule has 1 N–H and O–H groups in total. The van der Waals surface area contributed by atoms with Crippen molar-refractivity contribution in [1.82, 2.24) is 5.32 Å². The van der Waals surface area contributed by atoms with Crippen molar-refractivity contribution in [3.63, 3.8) is 0 Å². The molecule has 0 heterocycles. The summed E-state index contributed by atoms with van der Waals surface area (Å²) in [5, 5.41) is 2.42. The summed E-state index contributed by atoms with van der Waals surface area (Å²) < 4.78 is 0. The van der Waals surface area contributed by atoms with Gasteiger partial charge in [-0.2, -0.15) is 0 Å². The number of amides is 1. The first-order chi connectivity index (χ1) is 9.15. The summed E-state index contributed by atoms with van der Waals surface area (Å²) in [5.74, 6) is 0.332. The molecule has 0 spiro atoms. The first-order valence-electron chi connectivity index (χ1n) is 6.40. The third-order valence-corrected chi connectivity index (χ3v) is 4.26. The van der Waals surface area contributed by atoms with E-state index in [1.54, 1.807) is 0 Å². The van der Waals surface area contributed by atoms with E-state index in [2.05, 4.69) is 24.4 Å². The normalized spacial score (nSPS) is 12.2. The molecule has 2 nitrogen and oxygen atoms in total. The van der Waals surface area contributed by atoms with Crippen LogP contribution in [0.2, 0.25) is 0 Å². The number of carbonyl (C=O) groups excluding carboxylic acids is 1. The molecule has 0 fully saturated rings. The fourth-order valence-corrected chi connectivity index (χ4v) is 2.32. The zero-order chi connectivity index (χ0) is 14.1. The van der Waals surface area contributed by atoms with Crippen LogP contribution in [0.15, 0.2) is 29.2 Å². The van der Waals surface area contributed by atoms with Gasteiger partial charge < -0.3 is 5.32 Å². The molecule has 0 saturated carbocycles. The van der Waals surface area contributed by atoms with Crippen molar-refractivity contribution in [2.75, 3.05) is 12.4 Å². The number of hydrogen-bond donors (Lipinski definition) is 1. The molecule has 1 aromatic carbocycles. The van der Waals surface area contributed by atoms with Gasteiger partial charge in [0.15, 0.2) is 0 Å². The Kier molecular flexibility index (Phi) is 8.35. The summed E-state index contributed by atoms with van der Waals surface area (Å²) >= 11 is 12.6. The Morgan fingerprint density at radius 2 is 2.05 bits per heavy atom. The third-order valence-electron chi connectivity index (χ3n) is 2.59. The zero-order valence-electron chi connectivity index (χ0n) is 11.0. The molecule has 19 heavy (non-hydrogen) atoms. The maximum Gasteiger partial charge on any atom is 0.283 e. The second-order valence-electron chi connectivity index (χ2n) is 4.27. The number of halogens is 2. The van der Waals surface area contributed by atoms with Crippen LogP contribution in [0.4, 0.5) is 4.79 Å². The molecule has 1 rings (SSSR count). The van der Waals surface area contributed by atoms with Crippen LogP contribution in [0.25, 0.3) is 0 Å². The summed E-state index contributed by atoms with van der Waals surface area (Å²) in [5.41, 5.74) is 1.31. The van der Waals surface area contributed by atoms with Gasteiger partial charge in [0.05, 0.1) is 5.38 Å². The number of carbonyl (C=O) groups is 1. The van der Waals surface area contributed by atoms with Crippen LogP contribution in [0.5, 0.6) is 0 Å². The van der Waals surface area contributed by atoms with Gasteiger partial charge in [0.2, 0.25) is 0 Å². The van der Waals surface area contributed by atoms with Crippen LogP contribution in [0.3, 0.4) is 0 Å². The average molecular weight is 320 g/mol. The number of alkyl halides is 2. The van der Waals surface area contributed by atoms with E-state index >= 15 is 0 Å². The number of nitrogens with one attached hydrogen (secondary N) is 1. The van der Waals surface area contributed by atoms with Gasteiger partial charge in [0.25, 0.3) is 5.24 Å². The molecule has 0 aromatic heterocycles. The summed E-state index contributed by atoms with van der Waals surface area (Å²) in [4.78, 5) is 12.6. The van der Waals surface area contributed by atoms with Crippen molar-refractivity contribution in [3.05, 3.63) is 29.8 Å². The number of benzene rings is 1. The lowest BCUT2D eigenvalue weighted by Crippen LogP contribution is -2.27. The molecule has 1 aromatic rings.